The molecule has 1 rings (SSSR count). The van der Waals surface area contributed by atoms with E-state index in [4.69, 9.17) is 0 Å². The molecule has 0 aromatic heterocycles. The summed E-state index contributed by atoms with van der Waals surface area (Å²) in [5, 5.41) is 8.81. The minimum Gasteiger partial charge on any atom is -0.306 e. The lowest BCUT2D eigenvalue weighted by Crippen LogP contribution is -2.25. The van der Waals surface area contributed by atoms with Gasteiger partial charge in [0, 0.05) is 0 Å². The van der Waals surface area contributed by atoms with Crippen LogP contribution in [0.25, 0.3) is 0 Å². The van der Waals surface area contributed by atoms with E-state index in [1.165, 1.54) is 25.0 Å². The molecule has 0 saturated heterocycles. The van der Waals surface area contributed by atoms with E-state index in [2.05, 4.69) is 55.1 Å². The summed E-state index contributed by atoms with van der Waals surface area (Å²) in [6.07, 6.45) is 7.83. The van der Waals surface area contributed by atoms with Gasteiger partial charge in [-0.3, -0.25) is 0 Å². The van der Waals surface area contributed by atoms with Crippen LogP contribution in [0.5, 0.6) is 0 Å². The normalized spacial score (nSPS) is 27.2. The van der Waals surface area contributed by atoms with Crippen molar-refractivity contribution in [2.45, 2.75) is 53.0 Å². The maximum absolute atomic E-state index is 4.50. The van der Waals surface area contributed by atoms with E-state index in [0.29, 0.717) is 5.92 Å². The number of hydrogen-bond donors (Lipinski definition) is 0. The highest BCUT2D eigenvalue weighted by Crippen LogP contribution is 2.20. The summed E-state index contributed by atoms with van der Waals surface area (Å²) in [5.74, 6) is 0.545. The number of rotatable bonds is 6. The van der Waals surface area contributed by atoms with E-state index < -0.39 is 0 Å². The van der Waals surface area contributed by atoms with Crippen molar-refractivity contribution in [3.05, 3.63) is 23.4 Å². The molecule has 1 heterocycles. The first kappa shape index (κ1) is 16.1. The molecule has 1 unspecified atom stereocenters. The van der Waals surface area contributed by atoms with Crippen LogP contribution in [0.2, 0.25) is 0 Å². The average molecular weight is 263 g/mol. The zero-order valence-electron chi connectivity index (χ0n) is 13.2. The summed E-state index contributed by atoms with van der Waals surface area (Å²) in [5.41, 5.74) is 2.43. The molecular weight excluding hydrogens is 234 g/mol. The first-order valence-electron chi connectivity index (χ1n) is 7.46. The van der Waals surface area contributed by atoms with Crippen LogP contribution in [0.1, 0.15) is 47.0 Å². The molecule has 0 bridgehead atoms. The van der Waals surface area contributed by atoms with Gasteiger partial charge in [0.1, 0.15) is 0 Å². The Kier molecular flexibility index (Phi) is 7.00. The molecule has 1 aliphatic rings. The van der Waals surface area contributed by atoms with E-state index in [0.717, 1.165) is 18.7 Å². The molecule has 2 atom stereocenters. The van der Waals surface area contributed by atoms with Gasteiger partial charge in [0.05, 0.1) is 11.7 Å². The Morgan fingerprint density at radius 1 is 1.37 bits per heavy atom. The van der Waals surface area contributed by atoms with Gasteiger partial charge in [0.2, 0.25) is 0 Å². The molecule has 108 valence electrons. The summed E-state index contributed by atoms with van der Waals surface area (Å²) in [7, 11) is 2.20. The number of hydrogen-bond acceptors (Lipinski definition) is 3. The third-order valence-corrected chi connectivity index (χ3v) is 3.68. The second kappa shape index (κ2) is 8.26. The van der Waals surface area contributed by atoms with E-state index in [1.807, 2.05) is 6.92 Å². The van der Waals surface area contributed by atoms with Gasteiger partial charge in [-0.2, -0.15) is 10.2 Å². The molecule has 19 heavy (non-hydrogen) atoms. The van der Waals surface area contributed by atoms with Crippen molar-refractivity contribution in [1.82, 2.24) is 4.90 Å². The zero-order chi connectivity index (χ0) is 14.3. The van der Waals surface area contributed by atoms with Crippen molar-refractivity contribution in [3.8, 4) is 0 Å². The van der Waals surface area contributed by atoms with E-state index in [-0.39, 0.29) is 6.04 Å². The highest BCUT2D eigenvalue weighted by molar-refractivity contribution is 5.13. The maximum Gasteiger partial charge on any atom is 0.0921 e. The quantitative estimate of drug-likeness (QED) is 0.651. The second-order valence-electron chi connectivity index (χ2n) is 5.84. The van der Waals surface area contributed by atoms with E-state index >= 15 is 0 Å². The SMILES string of the molecule is CCCN(C)CC[C@@H](C)C1/C=C(/C)C/C=C(/C)N=N1. The van der Waals surface area contributed by atoms with Crippen molar-refractivity contribution in [3.63, 3.8) is 0 Å². The van der Waals surface area contributed by atoms with Crippen LogP contribution < -0.4 is 0 Å². The fraction of sp³-hybridized carbons (Fsp3) is 0.750. The Morgan fingerprint density at radius 2 is 2.11 bits per heavy atom. The van der Waals surface area contributed by atoms with E-state index in [9.17, 15) is 0 Å². The smallest absolute Gasteiger partial charge is 0.0921 e. The van der Waals surface area contributed by atoms with Crippen LogP contribution >= 0.6 is 0 Å². The van der Waals surface area contributed by atoms with Gasteiger partial charge in [-0.15, -0.1) is 0 Å². The fourth-order valence-corrected chi connectivity index (χ4v) is 2.27. The Bertz CT molecular complexity index is 355. The third kappa shape index (κ3) is 6.15. The predicted octanol–water partition coefficient (Wildman–Crippen LogP) is 4.43. The summed E-state index contributed by atoms with van der Waals surface area (Å²) in [4.78, 5) is 2.40. The standard InChI is InChI=1S/C16H29N3/c1-6-10-19(5)11-9-14(3)16-12-13(2)7-8-15(4)17-18-16/h8,12,14,16H,6-7,9-11H2,1-5H3/b13-12-,15-8-,18-17?/t14-,16?/m1/s1. The molecule has 0 N–H and O–H groups in total. The largest absolute Gasteiger partial charge is 0.306 e. The van der Waals surface area contributed by atoms with Gasteiger partial charge in [-0.05, 0) is 59.2 Å². The van der Waals surface area contributed by atoms with Crippen molar-refractivity contribution >= 4 is 0 Å². The molecule has 0 radical (unpaired) electrons. The molecule has 0 spiro atoms. The van der Waals surface area contributed by atoms with Gasteiger partial charge in [0.25, 0.3) is 0 Å². The first-order valence-corrected chi connectivity index (χ1v) is 7.46. The van der Waals surface area contributed by atoms with Crippen LogP contribution in [0, 0.1) is 5.92 Å². The highest BCUT2D eigenvalue weighted by Gasteiger charge is 2.16. The Hall–Kier alpha value is -0.960. The molecule has 3 nitrogen and oxygen atoms in total. The Morgan fingerprint density at radius 3 is 2.79 bits per heavy atom. The first-order chi connectivity index (χ1) is 9.02. The van der Waals surface area contributed by atoms with Crippen LogP contribution in [0.15, 0.2) is 33.7 Å². The molecule has 0 saturated carbocycles. The van der Waals surface area contributed by atoms with Crippen molar-refractivity contribution < 1.29 is 0 Å². The molecular formula is C16H29N3. The highest BCUT2D eigenvalue weighted by atomic mass is 15.1. The summed E-state index contributed by atoms with van der Waals surface area (Å²) in [6.45, 7) is 11.0. The lowest BCUT2D eigenvalue weighted by atomic mass is 9.95. The summed E-state index contributed by atoms with van der Waals surface area (Å²) in [6, 6.07) is 0.235. The van der Waals surface area contributed by atoms with Gasteiger partial charge in [-0.1, -0.05) is 31.6 Å². The number of azo groups is 1. The second-order valence-corrected chi connectivity index (χ2v) is 5.84. The molecule has 0 aromatic rings. The van der Waals surface area contributed by atoms with Gasteiger partial charge < -0.3 is 4.90 Å². The van der Waals surface area contributed by atoms with Crippen molar-refractivity contribution in [2.75, 3.05) is 20.1 Å². The third-order valence-electron chi connectivity index (χ3n) is 3.68. The monoisotopic (exact) mass is 263 g/mol. The number of allylic oxidation sites excluding steroid dienone is 3. The topological polar surface area (TPSA) is 28.0 Å². The summed E-state index contributed by atoms with van der Waals surface area (Å²) >= 11 is 0. The summed E-state index contributed by atoms with van der Waals surface area (Å²) < 4.78 is 0. The van der Waals surface area contributed by atoms with Crippen LogP contribution in [0.3, 0.4) is 0 Å². The van der Waals surface area contributed by atoms with E-state index in [1.54, 1.807) is 0 Å². The maximum atomic E-state index is 4.50. The average Bonchev–Trinajstić information content (AvgIpc) is 2.36. The molecule has 0 aliphatic carbocycles. The predicted molar refractivity (Wildman–Crippen MR) is 82.3 cm³/mol. The van der Waals surface area contributed by atoms with Gasteiger partial charge >= 0.3 is 0 Å². The molecule has 3 heteroatoms. The molecule has 1 aliphatic heterocycles. The zero-order valence-corrected chi connectivity index (χ0v) is 13.2. The van der Waals surface area contributed by atoms with Gasteiger partial charge in [0.15, 0.2) is 0 Å². The lowest BCUT2D eigenvalue weighted by molar-refractivity contribution is 0.298. The number of nitrogens with zero attached hydrogens (tertiary/aromatic N) is 3. The Labute approximate surface area is 118 Å². The van der Waals surface area contributed by atoms with Crippen molar-refractivity contribution in [1.29, 1.82) is 0 Å². The fourth-order valence-electron chi connectivity index (χ4n) is 2.27. The Balaban J connectivity index is 2.57. The molecule has 0 fully saturated rings. The lowest BCUT2D eigenvalue weighted by Gasteiger charge is -2.22. The van der Waals surface area contributed by atoms with Crippen LogP contribution in [-0.2, 0) is 0 Å². The van der Waals surface area contributed by atoms with Crippen LogP contribution in [0.4, 0.5) is 0 Å². The minimum absolute atomic E-state index is 0.235. The molecule has 0 amide bonds. The minimum atomic E-state index is 0.235. The van der Waals surface area contributed by atoms with Crippen LogP contribution in [-0.4, -0.2) is 31.1 Å². The molecule has 0 aromatic carbocycles. The van der Waals surface area contributed by atoms with Gasteiger partial charge in [-0.25, -0.2) is 0 Å². The van der Waals surface area contributed by atoms with Crippen molar-refractivity contribution in [2.24, 2.45) is 16.1 Å².